The summed E-state index contributed by atoms with van der Waals surface area (Å²) >= 11 is 0. The molecule has 1 aromatic rings. The lowest BCUT2D eigenvalue weighted by atomic mass is 10.0. The maximum Gasteiger partial charge on any atom is 0.251 e. The molecule has 1 atom stereocenters. The molecular formula is C14H21NO. The zero-order valence-corrected chi connectivity index (χ0v) is 10.8. The van der Waals surface area contributed by atoms with Crippen molar-refractivity contribution in [3.8, 4) is 0 Å². The average molecular weight is 219 g/mol. The highest BCUT2D eigenvalue weighted by molar-refractivity contribution is 5.95. The van der Waals surface area contributed by atoms with Gasteiger partial charge in [0.15, 0.2) is 0 Å². The summed E-state index contributed by atoms with van der Waals surface area (Å²) in [5.41, 5.74) is 3.00. The van der Waals surface area contributed by atoms with Gasteiger partial charge in [-0.15, -0.1) is 0 Å². The Morgan fingerprint density at radius 1 is 1.19 bits per heavy atom. The van der Waals surface area contributed by atoms with Gasteiger partial charge in [0.05, 0.1) is 0 Å². The molecule has 2 heteroatoms. The molecule has 0 aromatic heterocycles. The summed E-state index contributed by atoms with van der Waals surface area (Å²) in [4.78, 5) is 12.0. The monoisotopic (exact) mass is 219 g/mol. The van der Waals surface area contributed by atoms with Crippen LogP contribution < -0.4 is 5.32 Å². The Hall–Kier alpha value is -1.31. The molecule has 2 nitrogen and oxygen atoms in total. The molecule has 88 valence electrons. The van der Waals surface area contributed by atoms with Crippen LogP contribution in [0.4, 0.5) is 0 Å². The van der Waals surface area contributed by atoms with Crippen LogP contribution in [0.15, 0.2) is 18.2 Å². The van der Waals surface area contributed by atoms with E-state index in [4.69, 9.17) is 0 Å². The van der Waals surface area contributed by atoms with Crippen LogP contribution in [0, 0.1) is 19.8 Å². The fourth-order valence-corrected chi connectivity index (χ4v) is 1.52. The van der Waals surface area contributed by atoms with Crippen molar-refractivity contribution >= 4 is 5.91 Å². The zero-order chi connectivity index (χ0) is 12.3. The molecule has 0 fully saturated rings. The number of hydrogen-bond acceptors (Lipinski definition) is 1. The molecule has 1 N–H and O–H groups in total. The highest BCUT2D eigenvalue weighted by Gasteiger charge is 2.13. The van der Waals surface area contributed by atoms with Gasteiger partial charge >= 0.3 is 0 Å². The highest BCUT2D eigenvalue weighted by Crippen LogP contribution is 2.11. The molecule has 1 aromatic carbocycles. The molecule has 1 amide bonds. The van der Waals surface area contributed by atoms with Gasteiger partial charge in [-0.1, -0.05) is 31.5 Å². The van der Waals surface area contributed by atoms with Gasteiger partial charge in [-0.2, -0.15) is 0 Å². The van der Waals surface area contributed by atoms with E-state index in [1.807, 2.05) is 39.0 Å². The van der Waals surface area contributed by atoms with Gasteiger partial charge in [-0.3, -0.25) is 4.79 Å². The summed E-state index contributed by atoms with van der Waals surface area (Å²) in [6.45, 7) is 10.2. The minimum atomic E-state index is 0.0266. The summed E-state index contributed by atoms with van der Waals surface area (Å²) in [5, 5.41) is 3.02. The van der Waals surface area contributed by atoms with Crippen LogP contribution in [0.25, 0.3) is 0 Å². The fraction of sp³-hybridized carbons (Fsp3) is 0.500. The SMILES string of the molecule is Cc1ccc(C(=O)NC(C)C(C)C)c(C)c1. The third kappa shape index (κ3) is 3.09. The number of hydrogen-bond donors (Lipinski definition) is 1. The van der Waals surface area contributed by atoms with Gasteiger partial charge in [0, 0.05) is 11.6 Å². The lowest BCUT2D eigenvalue weighted by Crippen LogP contribution is -2.36. The molecule has 1 rings (SSSR count). The molecule has 0 aliphatic rings. The van der Waals surface area contributed by atoms with E-state index in [9.17, 15) is 4.79 Å². The second-order valence-electron chi connectivity index (χ2n) is 4.82. The topological polar surface area (TPSA) is 29.1 Å². The van der Waals surface area contributed by atoms with Crippen molar-refractivity contribution in [3.05, 3.63) is 34.9 Å². The third-order valence-electron chi connectivity index (χ3n) is 2.99. The maximum absolute atomic E-state index is 12.0. The van der Waals surface area contributed by atoms with E-state index in [0.717, 1.165) is 11.1 Å². The van der Waals surface area contributed by atoms with Crippen molar-refractivity contribution in [2.24, 2.45) is 5.92 Å². The van der Waals surface area contributed by atoms with Crippen LogP contribution in [0.1, 0.15) is 42.3 Å². The number of benzene rings is 1. The van der Waals surface area contributed by atoms with Crippen molar-refractivity contribution < 1.29 is 4.79 Å². The molecule has 1 unspecified atom stereocenters. The summed E-state index contributed by atoms with van der Waals surface area (Å²) in [7, 11) is 0. The molecule has 0 heterocycles. The lowest BCUT2D eigenvalue weighted by molar-refractivity contribution is 0.0930. The summed E-state index contributed by atoms with van der Waals surface area (Å²) < 4.78 is 0. The van der Waals surface area contributed by atoms with E-state index < -0.39 is 0 Å². The normalized spacial score (nSPS) is 12.6. The second-order valence-corrected chi connectivity index (χ2v) is 4.82. The van der Waals surface area contributed by atoms with E-state index in [1.54, 1.807) is 0 Å². The van der Waals surface area contributed by atoms with Crippen LogP contribution in [-0.4, -0.2) is 11.9 Å². The van der Waals surface area contributed by atoms with E-state index in [0.29, 0.717) is 5.92 Å². The first-order valence-corrected chi connectivity index (χ1v) is 5.80. The van der Waals surface area contributed by atoms with Crippen molar-refractivity contribution in [2.45, 2.75) is 40.7 Å². The Morgan fingerprint density at radius 3 is 2.31 bits per heavy atom. The highest BCUT2D eigenvalue weighted by atomic mass is 16.1. The number of aryl methyl sites for hydroxylation is 2. The third-order valence-corrected chi connectivity index (χ3v) is 2.99. The lowest BCUT2D eigenvalue weighted by Gasteiger charge is -2.18. The fourth-order valence-electron chi connectivity index (χ4n) is 1.52. The first-order chi connectivity index (χ1) is 7.41. The van der Waals surface area contributed by atoms with E-state index in [2.05, 4.69) is 19.2 Å². The van der Waals surface area contributed by atoms with Crippen LogP contribution in [0.2, 0.25) is 0 Å². The van der Waals surface area contributed by atoms with Gasteiger partial charge in [0.25, 0.3) is 5.91 Å². The minimum Gasteiger partial charge on any atom is -0.349 e. The minimum absolute atomic E-state index is 0.0266. The molecule has 0 bridgehead atoms. The Kier molecular flexibility index (Phi) is 4.11. The Bertz CT molecular complexity index is 382. The number of carbonyl (C=O) groups is 1. The van der Waals surface area contributed by atoms with E-state index in [-0.39, 0.29) is 11.9 Å². The Labute approximate surface area is 98.1 Å². The standard InChI is InChI=1S/C14H21NO/c1-9(2)12(5)15-14(16)13-7-6-10(3)8-11(13)4/h6-9,12H,1-5H3,(H,15,16). The van der Waals surface area contributed by atoms with Crippen LogP contribution in [-0.2, 0) is 0 Å². The molecule has 0 aliphatic heterocycles. The van der Waals surface area contributed by atoms with Crippen LogP contribution in [0.5, 0.6) is 0 Å². The van der Waals surface area contributed by atoms with Crippen molar-refractivity contribution in [1.82, 2.24) is 5.32 Å². The first kappa shape index (κ1) is 12.8. The summed E-state index contributed by atoms with van der Waals surface area (Å²) in [5.74, 6) is 0.480. The van der Waals surface area contributed by atoms with Crippen molar-refractivity contribution in [3.63, 3.8) is 0 Å². The molecule has 0 saturated heterocycles. The molecule has 0 aliphatic carbocycles. The molecular weight excluding hydrogens is 198 g/mol. The van der Waals surface area contributed by atoms with E-state index in [1.165, 1.54) is 5.56 Å². The number of amides is 1. The molecule has 0 saturated carbocycles. The number of rotatable bonds is 3. The Morgan fingerprint density at radius 2 is 1.81 bits per heavy atom. The largest absolute Gasteiger partial charge is 0.349 e. The van der Waals surface area contributed by atoms with Crippen molar-refractivity contribution in [2.75, 3.05) is 0 Å². The van der Waals surface area contributed by atoms with Crippen LogP contribution in [0.3, 0.4) is 0 Å². The zero-order valence-electron chi connectivity index (χ0n) is 10.8. The quantitative estimate of drug-likeness (QED) is 0.831. The van der Waals surface area contributed by atoms with Gasteiger partial charge in [-0.05, 0) is 38.3 Å². The van der Waals surface area contributed by atoms with Gasteiger partial charge in [-0.25, -0.2) is 0 Å². The summed E-state index contributed by atoms with van der Waals surface area (Å²) in [6.07, 6.45) is 0. The van der Waals surface area contributed by atoms with Gasteiger partial charge < -0.3 is 5.32 Å². The Balaban J connectivity index is 2.81. The second kappa shape index (κ2) is 5.15. The van der Waals surface area contributed by atoms with E-state index >= 15 is 0 Å². The molecule has 0 radical (unpaired) electrons. The number of carbonyl (C=O) groups excluding carboxylic acids is 1. The number of nitrogens with one attached hydrogen (secondary N) is 1. The molecule has 16 heavy (non-hydrogen) atoms. The maximum atomic E-state index is 12.0. The summed E-state index contributed by atoms with van der Waals surface area (Å²) in [6, 6.07) is 6.11. The smallest absolute Gasteiger partial charge is 0.251 e. The van der Waals surface area contributed by atoms with Gasteiger partial charge in [0.2, 0.25) is 0 Å². The first-order valence-electron chi connectivity index (χ1n) is 5.80. The predicted molar refractivity (Wildman–Crippen MR) is 67.7 cm³/mol. The van der Waals surface area contributed by atoms with Gasteiger partial charge in [0.1, 0.15) is 0 Å². The van der Waals surface area contributed by atoms with Crippen molar-refractivity contribution in [1.29, 1.82) is 0 Å². The van der Waals surface area contributed by atoms with Crippen LogP contribution >= 0.6 is 0 Å². The molecule has 0 spiro atoms. The predicted octanol–water partition coefficient (Wildman–Crippen LogP) is 3.08. The average Bonchev–Trinajstić information content (AvgIpc) is 2.16.